The number of carbonyl (C=O) groups excluding carboxylic acids is 2. The molecule has 2 fully saturated rings. The maximum absolute atomic E-state index is 14.7. The molecule has 116 heavy (non-hydrogen) atoms. The summed E-state index contributed by atoms with van der Waals surface area (Å²) in [6.07, 6.45) is -72.3. The first-order valence-corrected chi connectivity index (χ1v) is 48.4. The fourth-order valence-electron chi connectivity index (χ4n) is 8.61. The van der Waals surface area contributed by atoms with Gasteiger partial charge in [0.25, 0.3) is 11.8 Å². The van der Waals surface area contributed by atoms with Crippen molar-refractivity contribution in [3.63, 3.8) is 0 Å². The zero-order chi connectivity index (χ0) is 91.1. The van der Waals surface area contributed by atoms with Crippen molar-refractivity contribution in [3.05, 3.63) is 0 Å². The molecule has 88 heteroatoms. The molecule has 0 bridgehead atoms. The van der Waals surface area contributed by atoms with Crippen LogP contribution >= 0.6 is 0 Å². The SMILES string of the molecule is CN(CCN(C)C(=O)[C@H](OS(=O)(=O)O)[C@@H](OS(=O)(=O)O)[C@H](O[C@@H]1O[C@H](COS(=O)(=O)O)[C@H](OS(=O)(=O)O)[C@H](OS(=O)(=O)O)[C@H]1OS(=O)(=O)O)[C@@H](COS(=O)(=O)O)OS(=O)(=O)O)C(=O)[C@H](OS(=O)(=O)O)[C@@H](OS(=O)(=O)O)[C@H](O[C@@H]1O[C@H](COS(=O)(=O)O)[C@H](OS(=O)(=O)O)[C@H](OS(=O)(=O)O)[C@H]1OS(=O)(=O)O)[C@@H](COS(=O)(=O)O)OS(=O)(=O)O. The van der Waals surface area contributed by atoms with Gasteiger partial charge in [-0.05, 0) is 0 Å². The van der Waals surface area contributed by atoms with Gasteiger partial charge < -0.3 is 28.7 Å². The van der Waals surface area contributed by atoms with Crippen LogP contribution in [0.2, 0.25) is 0 Å². The summed E-state index contributed by atoms with van der Waals surface area (Å²) in [5.74, 6) is -5.66. The van der Waals surface area contributed by atoms with Crippen LogP contribution in [0, 0.1) is 0 Å². The van der Waals surface area contributed by atoms with Crippen LogP contribution in [0.1, 0.15) is 0 Å². The molecule has 2 heterocycles. The van der Waals surface area contributed by atoms with E-state index >= 15 is 0 Å². The van der Waals surface area contributed by atoms with E-state index in [1.165, 1.54) is 0 Å². The van der Waals surface area contributed by atoms with Gasteiger partial charge in [-0.3, -0.25) is 82.4 Å². The molecule has 0 radical (unpaired) electrons. The summed E-state index contributed by atoms with van der Waals surface area (Å²) in [7, 11) is -106. The first-order valence-electron chi connectivity index (χ1n) is 26.5. The minimum atomic E-state index is -7.05. The van der Waals surface area contributed by atoms with Crippen molar-refractivity contribution in [2.75, 3.05) is 53.6 Å². The minimum absolute atomic E-state index is 0.0303. The van der Waals surface area contributed by atoms with Crippen LogP contribution in [-0.4, -0.2) is 393 Å². The molecule has 2 saturated heterocycles. The Bertz CT molecular complexity index is 5080. The number of nitrogens with zero attached hydrogens (tertiary/aromatic N) is 2. The van der Waals surface area contributed by atoms with Gasteiger partial charge in [0.1, 0.15) is 73.2 Å². The van der Waals surface area contributed by atoms with Crippen LogP contribution in [0.5, 0.6) is 0 Å². The molecule has 18 atom stereocenters. The van der Waals surface area contributed by atoms with Crippen LogP contribution in [0.3, 0.4) is 0 Å². The lowest BCUT2D eigenvalue weighted by Gasteiger charge is -2.45. The van der Waals surface area contributed by atoms with Gasteiger partial charge in [0.05, 0.1) is 26.4 Å². The maximum atomic E-state index is 14.7. The summed E-state index contributed by atoms with van der Waals surface area (Å²) in [5.41, 5.74) is 0. The summed E-state index contributed by atoms with van der Waals surface area (Å²) in [4.78, 5) is 28.5. The zero-order valence-electron chi connectivity index (χ0n) is 54.3. The van der Waals surface area contributed by atoms with Crippen LogP contribution < -0.4 is 0 Å². The molecule has 0 saturated carbocycles. The smallest absolute Gasteiger partial charge is 0.342 e. The number of amides is 2. The van der Waals surface area contributed by atoms with E-state index in [1.807, 2.05) is 0 Å². The van der Waals surface area contributed by atoms with Crippen LogP contribution in [0.4, 0.5) is 0 Å². The summed E-state index contributed by atoms with van der Waals surface area (Å²) in [5, 5.41) is 0. The summed E-state index contributed by atoms with van der Waals surface area (Å²) < 4.78 is 633. The third kappa shape index (κ3) is 44.2. The minimum Gasteiger partial charge on any atom is -0.342 e. The van der Waals surface area contributed by atoms with E-state index in [0.29, 0.717) is 0 Å². The zero-order valence-corrected chi connectivity index (χ0v) is 67.3. The molecule has 2 aliphatic rings. The molecule has 2 aliphatic heterocycles. The molecule has 690 valence electrons. The van der Waals surface area contributed by atoms with E-state index in [0.717, 1.165) is 0 Å². The second kappa shape index (κ2) is 40.1. The highest BCUT2D eigenvalue weighted by molar-refractivity contribution is 7.84. The molecule has 0 aromatic heterocycles. The molecule has 0 aromatic carbocycles. The van der Waals surface area contributed by atoms with Crippen molar-refractivity contribution in [1.29, 1.82) is 0 Å². The molecular weight excluding hydrogens is 2000 g/mol. The summed E-state index contributed by atoms with van der Waals surface area (Å²) in [6, 6.07) is 0. The predicted octanol–water partition coefficient (Wildman–Crippen LogP) is -14.3. The Morgan fingerprint density at radius 2 is 0.491 bits per heavy atom. The molecule has 0 aliphatic carbocycles. The molecule has 0 spiro atoms. The van der Waals surface area contributed by atoms with Crippen molar-refractivity contribution in [3.8, 4) is 0 Å². The third-order valence-corrected chi connectivity index (χ3v) is 19.4. The summed E-state index contributed by atoms with van der Waals surface area (Å²) in [6.45, 7) is -14.1. The highest BCUT2D eigenvalue weighted by atomic mass is 32.3. The van der Waals surface area contributed by atoms with E-state index in [9.17, 15) is 217 Å². The second-order valence-corrected chi connectivity index (χ2v) is 37.5. The summed E-state index contributed by atoms with van der Waals surface area (Å²) >= 11 is 0. The van der Waals surface area contributed by atoms with Crippen molar-refractivity contribution in [1.82, 2.24) is 9.80 Å². The lowest BCUT2D eigenvalue weighted by atomic mass is 9.98. The number of carbonyl (C=O) groups is 2. The average Bonchev–Trinajstić information content (AvgIpc) is 0.765. The standard InChI is InChI=1S/C28H52N2O70S16/c1-29(25(31)21(97-113(69,70)71)17(93-109(57,58)59)13(11(89-105(45,46)47)7-83-103(39,40)41)87-27-23(99-115(75,76)77)19(95-111(63,64)65)15(91-107(51,52)53)9(85-27)5-81-101(33,34)35)3-4-30(2)26(32)22(98-114(72,73)74)18(94-110(60,61)62)14(12(90-106(48,49)50)8-84-104(42,43)44)88-28-24(100-116(78,79)80)20(96-112(66,67)68)16(92-108(54,55)56)10(86-28)6-82-102(36,37)38/h9-24,27-28H,3-8H2,1-2H3,(H,33,34,35)(H,36,37,38)(H,39,40,41)(H,42,43,44)(H,45,46,47)(H,48,49,50)(H,51,52,53)(H,54,55,56)(H,57,58,59)(H,60,61,62)(H,63,64,65)(H,66,67,68)(H,69,70,71)(H,72,73,74)(H,75,76,77)(H,78,79,80)/t9-,10-,11-,12-,13-,14-,15+,16+,17+,18+,19+,20+,21-,22-,23-,24-,27+,28+/m1/s1. The highest BCUT2D eigenvalue weighted by Crippen LogP contribution is 2.38. The Morgan fingerprint density at radius 3 is 0.698 bits per heavy atom. The Kier molecular flexibility index (Phi) is 37.6. The Balaban J connectivity index is 3.44. The van der Waals surface area contributed by atoms with Gasteiger partial charge in [0.2, 0.25) is 0 Å². The van der Waals surface area contributed by atoms with Crippen molar-refractivity contribution < 1.29 is 303 Å². The van der Waals surface area contributed by atoms with E-state index in [2.05, 4.69) is 66.9 Å². The van der Waals surface area contributed by atoms with Gasteiger partial charge in [0, 0.05) is 27.2 Å². The first kappa shape index (κ1) is 109. The van der Waals surface area contributed by atoms with Crippen LogP contribution in [0.15, 0.2) is 0 Å². The number of ether oxygens (including phenoxy) is 4. The molecule has 0 unspecified atom stereocenters. The topological polar surface area (TPSA) is 1100 Å². The van der Waals surface area contributed by atoms with Crippen molar-refractivity contribution >= 4 is 178 Å². The lowest BCUT2D eigenvalue weighted by Crippen LogP contribution is -2.65. The number of likely N-dealkylation sites (N-methyl/N-ethyl adjacent to an activating group) is 2. The number of hydrogen-bond acceptors (Lipinski definition) is 54. The monoisotopic (exact) mass is 2050 g/mol. The van der Waals surface area contributed by atoms with Gasteiger partial charge in [0.15, 0.2) is 37.0 Å². The largest absolute Gasteiger partial charge is 0.398 e. The van der Waals surface area contributed by atoms with Gasteiger partial charge in [-0.1, -0.05) is 0 Å². The molecule has 0 aromatic rings. The van der Waals surface area contributed by atoms with Crippen molar-refractivity contribution in [2.45, 2.75) is 110 Å². The first-order chi connectivity index (χ1) is 51.1. The molecular formula is C28H52N2O70S16. The predicted molar refractivity (Wildman–Crippen MR) is 329 cm³/mol. The van der Waals surface area contributed by atoms with E-state index in [-0.39, 0.29) is 14.1 Å². The Labute approximate surface area is 650 Å². The van der Waals surface area contributed by atoms with E-state index in [1.54, 1.807) is 0 Å². The quantitative estimate of drug-likeness (QED) is 0.0252. The number of hydrogen-bond donors (Lipinski definition) is 16. The van der Waals surface area contributed by atoms with Crippen LogP contribution in [-0.2, 0) is 262 Å². The van der Waals surface area contributed by atoms with Gasteiger partial charge in [-0.15, -0.1) is 0 Å². The van der Waals surface area contributed by atoms with Crippen LogP contribution in [0.25, 0.3) is 0 Å². The second-order valence-electron chi connectivity index (χ2n) is 20.6. The Hall–Kier alpha value is -3.30. The van der Waals surface area contributed by atoms with Gasteiger partial charge in [-0.2, -0.15) is 135 Å². The normalized spacial score (nSPS) is 24.2. The van der Waals surface area contributed by atoms with E-state index in [4.69, 9.17) is 18.9 Å². The Morgan fingerprint density at radius 1 is 0.276 bits per heavy atom. The third-order valence-electron chi connectivity index (χ3n) is 12.1. The maximum Gasteiger partial charge on any atom is 0.398 e. The van der Waals surface area contributed by atoms with Gasteiger partial charge >= 0.3 is 166 Å². The number of rotatable bonds is 51. The molecule has 2 rings (SSSR count). The highest BCUT2D eigenvalue weighted by Gasteiger charge is 2.60. The average molecular weight is 2050 g/mol. The molecule has 72 nitrogen and oxygen atoms in total. The van der Waals surface area contributed by atoms with Crippen molar-refractivity contribution in [2.24, 2.45) is 0 Å². The van der Waals surface area contributed by atoms with Gasteiger partial charge in [-0.25, -0.2) is 66.9 Å². The lowest BCUT2D eigenvalue weighted by molar-refractivity contribution is -0.312. The fraction of sp³-hybridized carbons (Fsp3) is 0.929. The fourth-order valence-corrected chi connectivity index (χ4v) is 15.7. The molecule has 16 N–H and O–H groups in total. The molecule has 2 amide bonds. The van der Waals surface area contributed by atoms with E-state index < -0.39 is 338 Å².